The summed E-state index contributed by atoms with van der Waals surface area (Å²) in [6.45, 7) is 3.36. The first-order valence-electron chi connectivity index (χ1n) is 12.0. The Morgan fingerprint density at radius 3 is 2.11 bits per heavy atom. The summed E-state index contributed by atoms with van der Waals surface area (Å²) < 4.78 is 33.9. The van der Waals surface area contributed by atoms with Crippen molar-refractivity contribution in [2.45, 2.75) is 37.8 Å². The van der Waals surface area contributed by atoms with Crippen LogP contribution in [0.5, 0.6) is 5.75 Å². The first kappa shape index (κ1) is 27.7. The highest BCUT2D eigenvalue weighted by Crippen LogP contribution is 2.27. The van der Waals surface area contributed by atoms with Crippen LogP contribution in [-0.4, -0.2) is 51.9 Å². The molecule has 2 amide bonds. The van der Waals surface area contributed by atoms with Crippen LogP contribution >= 0.6 is 0 Å². The number of benzene rings is 3. The van der Waals surface area contributed by atoms with E-state index in [9.17, 15) is 18.0 Å². The van der Waals surface area contributed by atoms with Crippen molar-refractivity contribution >= 4 is 27.5 Å². The van der Waals surface area contributed by atoms with Gasteiger partial charge >= 0.3 is 0 Å². The fourth-order valence-corrected chi connectivity index (χ4v) is 5.40. The molecule has 0 saturated carbocycles. The molecular weight excluding hydrogens is 490 g/mol. The van der Waals surface area contributed by atoms with Crippen LogP contribution in [-0.2, 0) is 26.2 Å². The third-order valence-electron chi connectivity index (χ3n) is 6.08. The predicted molar refractivity (Wildman–Crippen MR) is 144 cm³/mol. The second kappa shape index (κ2) is 12.4. The molecule has 0 fully saturated rings. The van der Waals surface area contributed by atoms with Crippen molar-refractivity contribution in [1.29, 1.82) is 0 Å². The summed E-state index contributed by atoms with van der Waals surface area (Å²) in [5, 5.41) is 2.62. The Balaban J connectivity index is 2.05. The number of sulfonamides is 1. The van der Waals surface area contributed by atoms with Crippen molar-refractivity contribution in [3.8, 4) is 5.75 Å². The summed E-state index contributed by atoms with van der Waals surface area (Å²) in [5.41, 5.74) is 2.05. The number of nitrogens with one attached hydrogen (secondary N) is 1. The maximum absolute atomic E-state index is 13.8. The minimum Gasteiger partial charge on any atom is -0.497 e. The zero-order valence-electron chi connectivity index (χ0n) is 21.5. The van der Waals surface area contributed by atoms with Crippen molar-refractivity contribution in [2.24, 2.45) is 0 Å². The van der Waals surface area contributed by atoms with E-state index in [1.165, 1.54) is 31.2 Å². The summed E-state index contributed by atoms with van der Waals surface area (Å²) in [6.07, 6.45) is 0.367. The molecule has 37 heavy (non-hydrogen) atoms. The van der Waals surface area contributed by atoms with Crippen LogP contribution in [0.2, 0.25) is 0 Å². The minimum absolute atomic E-state index is 0.0645. The van der Waals surface area contributed by atoms with E-state index in [2.05, 4.69) is 5.32 Å². The molecule has 0 bridgehead atoms. The molecule has 196 valence electrons. The number of hydrogen-bond acceptors (Lipinski definition) is 5. The van der Waals surface area contributed by atoms with Crippen molar-refractivity contribution in [1.82, 2.24) is 10.2 Å². The van der Waals surface area contributed by atoms with Crippen LogP contribution in [0.4, 0.5) is 5.69 Å². The fourth-order valence-electron chi connectivity index (χ4n) is 3.98. The monoisotopic (exact) mass is 523 g/mol. The number of rotatable bonds is 11. The Labute approximate surface area is 218 Å². The molecule has 3 aromatic carbocycles. The summed E-state index contributed by atoms with van der Waals surface area (Å²) in [6, 6.07) is 21.4. The quantitative estimate of drug-likeness (QED) is 0.413. The first-order chi connectivity index (χ1) is 17.7. The van der Waals surface area contributed by atoms with Crippen molar-refractivity contribution in [2.75, 3.05) is 25.0 Å². The predicted octanol–water partition coefficient (Wildman–Crippen LogP) is 3.75. The number of carbonyl (C=O) groups excluding carboxylic acids is 2. The molecule has 0 radical (unpaired) electrons. The van der Waals surface area contributed by atoms with Gasteiger partial charge in [0.1, 0.15) is 18.3 Å². The zero-order valence-corrected chi connectivity index (χ0v) is 22.4. The van der Waals surface area contributed by atoms with Gasteiger partial charge in [0, 0.05) is 13.6 Å². The first-order valence-corrected chi connectivity index (χ1v) is 13.4. The molecule has 1 unspecified atom stereocenters. The zero-order chi connectivity index (χ0) is 27.0. The van der Waals surface area contributed by atoms with E-state index in [1.54, 1.807) is 36.4 Å². The average Bonchev–Trinajstić information content (AvgIpc) is 2.92. The van der Waals surface area contributed by atoms with Gasteiger partial charge in [0.15, 0.2) is 0 Å². The lowest BCUT2D eigenvalue weighted by Crippen LogP contribution is -2.51. The number of ether oxygens (including phenoxy) is 1. The third-order valence-corrected chi connectivity index (χ3v) is 7.86. The molecule has 0 aromatic heterocycles. The van der Waals surface area contributed by atoms with Crippen LogP contribution < -0.4 is 14.4 Å². The molecule has 0 aliphatic heterocycles. The largest absolute Gasteiger partial charge is 0.497 e. The fraction of sp³-hybridized carbons (Fsp3) is 0.286. The lowest BCUT2D eigenvalue weighted by atomic mass is 10.1. The summed E-state index contributed by atoms with van der Waals surface area (Å²) >= 11 is 0. The van der Waals surface area contributed by atoms with Gasteiger partial charge in [-0.25, -0.2) is 8.42 Å². The number of nitrogens with zero attached hydrogens (tertiary/aromatic N) is 2. The molecule has 0 aliphatic carbocycles. The number of amides is 2. The molecule has 9 heteroatoms. The Hall–Kier alpha value is -3.85. The van der Waals surface area contributed by atoms with Gasteiger partial charge in [-0.3, -0.25) is 13.9 Å². The number of aryl methyl sites for hydroxylation is 1. The highest BCUT2D eigenvalue weighted by atomic mass is 32.2. The normalized spacial score (nSPS) is 11.9. The Kier molecular flexibility index (Phi) is 9.30. The molecule has 3 rings (SSSR count). The molecule has 1 atom stereocenters. The SMILES string of the molecule is CCC(C(=O)NC)N(Cc1ccccc1)C(=O)CN(c1ccc(OC)cc1)S(=O)(=O)c1ccc(C)cc1. The molecule has 0 spiro atoms. The third kappa shape index (κ3) is 6.68. The van der Waals surface area contributed by atoms with E-state index in [0.717, 1.165) is 15.4 Å². The van der Waals surface area contributed by atoms with Crippen LogP contribution in [0.15, 0.2) is 83.8 Å². The highest BCUT2D eigenvalue weighted by molar-refractivity contribution is 7.92. The van der Waals surface area contributed by atoms with E-state index < -0.39 is 28.5 Å². The summed E-state index contributed by atoms with van der Waals surface area (Å²) in [5.74, 6) is -0.255. The number of likely N-dealkylation sites (N-methyl/N-ethyl adjacent to an activating group) is 1. The van der Waals surface area contributed by atoms with Gasteiger partial charge < -0.3 is 15.0 Å². The standard InChI is InChI=1S/C28H33N3O5S/c1-5-26(28(33)29-3)30(19-22-9-7-6-8-10-22)27(32)20-31(23-13-15-24(36-4)16-14-23)37(34,35)25-17-11-21(2)12-18-25/h6-18,26H,5,19-20H2,1-4H3,(H,29,33). The number of hydrogen-bond donors (Lipinski definition) is 1. The number of carbonyl (C=O) groups is 2. The van der Waals surface area contributed by atoms with E-state index >= 15 is 0 Å². The van der Waals surface area contributed by atoms with Crippen molar-refractivity contribution in [3.63, 3.8) is 0 Å². The minimum atomic E-state index is -4.11. The van der Waals surface area contributed by atoms with Crippen LogP contribution in [0.25, 0.3) is 0 Å². The molecule has 3 aromatic rings. The second-order valence-corrected chi connectivity index (χ2v) is 10.4. The van der Waals surface area contributed by atoms with Gasteiger partial charge in [-0.05, 0) is 55.3 Å². The maximum atomic E-state index is 13.8. The van der Waals surface area contributed by atoms with Gasteiger partial charge in [-0.2, -0.15) is 0 Å². The van der Waals surface area contributed by atoms with Crippen LogP contribution in [0, 0.1) is 6.92 Å². The lowest BCUT2D eigenvalue weighted by Gasteiger charge is -2.33. The Bertz CT molecular complexity index is 1290. The number of methoxy groups -OCH3 is 1. The van der Waals surface area contributed by atoms with Gasteiger partial charge in [-0.15, -0.1) is 0 Å². The highest BCUT2D eigenvalue weighted by Gasteiger charge is 2.33. The van der Waals surface area contributed by atoms with E-state index in [0.29, 0.717) is 17.9 Å². The summed E-state index contributed by atoms with van der Waals surface area (Å²) in [4.78, 5) is 28.0. The lowest BCUT2D eigenvalue weighted by molar-refractivity contribution is -0.140. The van der Waals surface area contributed by atoms with Gasteiger partial charge in [0.2, 0.25) is 11.8 Å². The second-order valence-electron chi connectivity index (χ2n) is 8.57. The van der Waals surface area contributed by atoms with Crippen LogP contribution in [0.3, 0.4) is 0 Å². The van der Waals surface area contributed by atoms with E-state index in [1.807, 2.05) is 44.2 Å². The Morgan fingerprint density at radius 2 is 1.57 bits per heavy atom. The molecule has 8 nitrogen and oxygen atoms in total. The van der Waals surface area contributed by atoms with E-state index in [4.69, 9.17) is 4.74 Å². The smallest absolute Gasteiger partial charge is 0.264 e. The van der Waals surface area contributed by atoms with Crippen molar-refractivity contribution in [3.05, 3.63) is 90.0 Å². The van der Waals surface area contributed by atoms with Gasteiger partial charge in [0.25, 0.3) is 10.0 Å². The van der Waals surface area contributed by atoms with Crippen LogP contribution in [0.1, 0.15) is 24.5 Å². The molecule has 1 N–H and O–H groups in total. The summed E-state index contributed by atoms with van der Waals surface area (Å²) in [7, 11) is -1.07. The Morgan fingerprint density at radius 1 is 0.946 bits per heavy atom. The molecule has 0 heterocycles. The average molecular weight is 524 g/mol. The maximum Gasteiger partial charge on any atom is 0.264 e. The van der Waals surface area contributed by atoms with Gasteiger partial charge in [-0.1, -0.05) is 55.0 Å². The topological polar surface area (TPSA) is 96.0 Å². The molecule has 0 aliphatic rings. The van der Waals surface area contributed by atoms with Crippen molar-refractivity contribution < 1.29 is 22.7 Å². The van der Waals surface area contributed by atoms with E-state index in [-0.39, 0.29) is 17.3 Å². The van der Waals surface area contributed by atoms with Gasteiger partial charge in [0.05, 0.1) is 17.7 Å². The molecular formula is C28H33N3O5S. The number of anilines is 1. The molecule has 0 saturated heterocycles.